The molecule has 0 aromatic rings. The van der Waals surface area contributed by atoms with Crippen molar-refractivity contribution in [3.8, 4) is 0 Å². The Hall–Kier alpha value is -1.16. The van der Waals surface area contributed by atoms with E-state index in [1.54, 1.807) is 0 Å². The van der Waals surface area contributed by atoms with Crippen LogP contribution in [-0.4, -0.2) is 26.1 Å². The molecule has 0 aromatic heterocycles. The Kier molecular flexibility index (Phi) is 3.19. The Bertz CT molecular complexity index is 280. The van der Waals surface area contributed by atoms with Crippen molar-refractivity contribution in [3.63, 3.8) is 0 Å². The Labute approximate surface area is 80.7 Å². The van der Waals surface area contributed by atoms with Gasteiger partial charge in [0.25, 0.3) is 5.76 Å². The number of carbonyl (C=O) groups excluding carboxylic acids is 1. The molecule has 72 valence electrons. The molecule has 0 saturated carbocycles. The minimum atomic E-state index is -0.560. The quantitative estimate of drug-likeness (QED) is 0.511. The van der Waals surface area contributed by atoms with E-state index in [1.165, 1.54) is 20.3 Å². The van der Waals surface area contributed by atoms with Crippen LogP contribution in [0.3, 0.4) is 0 Å². The van der Waals surface area contributed by atoms with Crippen molar-refractivity contribution in [1.29, 1.82) is 0 Å². The normalized spacial score (nSPS) is 19.3. The Balaban J connectivity index is 3.02. The average Bonchev–Trinajstić information content (AvgIpc) is 2.41. The highest BCUT2D eigenvalue weighted by atomic mass is 35.5. The molecule has 4 nitrogen and oxygen atoms in total. The van der Waals surface area contributed by atoms with Gasteiger partial charge < -0.3 is 14.2 Å². The minimum Gasteiger partial charge on any atom is -0.490 e. The SMILES string of the molecule is COC1=C(OC)/C(=C/CCl)OC1=O. The summed E-state index contributed by atoms with van der Waals surface area (Å²) in [6.07, 6.45) is 1.53. The molecule has 1 rings (SSSR count). The lowest BCUT2D eigenvalue weighted by molar-refractivity contribution is -0.136. The van der Waals surface area contributed by atoms with Crippen molar-refractivity contribution < 1.29 is 19.0 Å². The van der Waals surface area contributed by atoms with Gasteiger partial charge in [-0.05, 0) is 6.08 Å². The molecule has 5 heteroatoms. The van der Waals surface area contributed by atoms with E-state index >= 15 is 0 Å². The summed E-state index contributed by atoms with van der Waals surface area (Å²) in [6, 6.07) is 0. The summed E-state index contributed by atoms with van der Waals surface area (Å²) in [5, 5.41) is 0. The smallest absolute Gasteiger partial charge is 0.383 e. The lowest BCUT2D eigenvalue weighted by Crippen LogP contribution is -2.00. The lowest BCUT2D eigenvalue weighted by atomic mass is 10.3. The molecule has 1 aliphatic heterocycles. The summed E-state index contributed by atoms with van der Waals surface area (Å²) in [7, 11) is 2.80. The largest absolute Gasteiger partial charge is 0.490 e. The number of cyclic esters (lactones) is 1. The maximum atomic E-state index is 11.1. The number of carbonyl (C=O) groups is 1. The van der Waals surface area contributed by atoms with Gasteiger partial charge in [-0.25, -0.2) is 4.79 Å². The van der Waals surface area contributed by atoms with Gasteiger partial charge in [0.2, 0.25) is 5.76 Å². The molecular weight excluding hydrogens is 196 g/mol. The second-order valence-corrected chi connectivity index (χ2v) is 2.49. The molecule has 0 radical (unpaired) electrons. The van der Waals surface area contributed by atoms with Crippen molar-refractivity contribution in [2.24, 2.45) is 0 Å². The molecule has 0 N–H and O–H groups in total. The van der Waals surface area contributed by atoms with Gasteiger partial charge in [0.15, 0.2) is 5.76 Å². The van der Waals surface area contributed by atoms with Crippen LogP contribution in [0.2, 0.25) is 0 Å². The molecule has 0 atom stereocenters. The number of halogens is 1. The van der Waals surface area contributed by atoms with Gasteiger partial charge in [0.1, 0.15) is 0 Å². The average molecular weight is 205 g/mol. The second-order valence-electron chi connectivity index (χ2n) is 2.18. The molecule has 1 heterocycles. The molecule has 0 saturated heterocycles. The van der Waals surface area contributed by atoms with Crippen molar-refractivity contribution >= 4 is 17.6 Å². The predicted molar refractivity (Wildman–Crippen MR) is 45.9 cm³/mol. The van der Waals surface area contributed by atoms with Gasteiger partial charge in [0, 0.05) is 5.88 Å². The van der Waals surface area contributed by atoms with Gasteiger partial charge in [0.05, 0.1) is 14.2 Å². The first-order valence-corrected chi connectivity index (χ1v) is 4.09. The van der Waals surface area contributed by atoms with E-state index < -0.39 is 5.97 Å². The number of rotatable bonds is 3. The Morgan fingerprint density at radius 2 is 2.00 bits per heavy atom. The molecule has 0 fully saturated rings. The van der Waals surface area contributed by atoms with Gasteiger partial charge in [-0.1, -0.05) is 0 Å². The standard InChI is InChI=1S/C8H9ClO4/c1-11-6-5(3-4-9)13-8(10)7(6)12-2/h3H,4H2,1-2H3/b5-3-. The van der Waals surface area contributed by atoms with Crippen LogP contribution >= 0.6 is 11.6 Å². The van der Waals surface area contributed by atoms with E-state index in [2.05, 4.69) is 0 Å². The summed E-state index contributed by atoms with van der Waals surface area (Å²) in [5.74, 6) is 0.342. The van der Waals surface area contributed by atoms with Crippen LogP contribution < -0.4 is 0 Å². The molecule has 0 amide bonds. The molecule has 0 spiro atoms. The summed E-state index contributed by atoms with van der Waals surface area (Å²) >= 11 is 5.46. The molecule has 13 heavy (non-hydrogen) atoms. The first kappa shape index (κ1) is 9.92. The summed E-state index contributed by atoms with van der Waals surface area (Å²) in [6.45, 7) is 0. The molecular formula is C8H9ClO4. The fourth-order valence-corrected chi connectivity index (χ4v) is 1.11. The van der Waals surface area contributed by atoms with E-state index in [0.717, 1.165) is 0 Å². The molecule has 0 bridgehead atoms. The summed E-state index contributed by atoms with van der Waals surface area (Å²) in [4.78, 5) is 11.1. The van der Waals surface area contributed by atoms with Crippen molar-refractivity contribution in [2.75, 3.05) is 20.1 Å². The number of methoxy groups -OCH3 is 2. The molecule has 0 aliphatic carbocycles. The third-order valence-corrected chi connectivity index (χ3v) is 1.64. The molecule has 0 aromatic carbocycles. The monoisotopic (exact) mass is 204 g/mol. The van der Waals surface area contributed by atoms with Crippen molar-refractivity contribution in [2.45, 2.75) is 0 Å². The molecule has 0 unspecified atom stereocenters. The lowest BCUT2D eigenvalue weighted by Gasteiger charge is -2.00. The van der Waals surface area contributed by atoms with Crippen LogP contribution in [0, 0.1) is 0 Å². The van der Waals surface area contributed by atoms with Crippen LogP contribution in [0.5, 0.6) is 0 Å². The zero-order chi connectivity index (χ0) is 9.84. The zero-order valence-electron chi connectivity index (χ0n) is 7.30. The third-order valence-electron chi connectivity index (χ3n) is 1.49. The van der Waals surface area contributed by atoms with Crippen molar-refractivity contribution in [3.05, 3.63) is 23.4 Å². The van der Waals surface area contributed by atoms with Gasteiger partial charge in [-0.15, -0.1) is 11.6 Å². The minimum absolute atomic E-state index is 0.0684. The van der Waals surface area contributed by atoms with Crippen LogP contribution in [-0.2, 0) is 19.0 Å². The van der Waals surface area contributed by atoms with Gasteiger partial charge >= 0.3 is 5.97 Å². The van der Waals surface area contributed by atoms with Crippen molar-refractivity contribution in [1.82, 2.24) is 0 Å². The topological polar surface area (TPSA) is 44.8 Å². The van der Waals surface area contributed by atoms with E-state index in [0.29, 0.717) is 5.76 Å². The van der Waals surface area contributed by atoms with E-state index in [4.69, 9.17) is 25.8 Å². The van der Waals surface area contributed by atoms with Crippen LogP contribution in [0.4, 0.5) is 0 Å². The summed E-state index contributed by atoms with van der Waals surface area (Å²) < 4.78 is 14.6. The number of alkyl halides is 1. The van der Waals surface area contributed by atoms with Crippen LogP contribution in [0.25, 0.3) is 0 Å². The fraction of sp³-hybridized carbons (Fsp3) is 0.375. The zero-order valence-corrected chi connectivity index (χ0v) is 8.05. The fourth-order valence-electron chi connectivity index (χ4n) is 0.971. The number of esters is 1. The van der Waals surface area contributed by atoms with Gasteiger partial charge in [-0.2, -0.15) is 0 Å². The van der Waals surface area contributed by atoms with E-state index in [1.807, 2.05) is 0 Å². The van der Waals surface area contributed by atoms with E-state index in [9.17, 15) is 4.79 Å². The number of ether oxygens (including phenoxy) is 3. The van der Waals surface area contributed by atoms with E-state index in [-0.39, 0.29) is 17.4 Å². The van der Waals surface area contributed by atoms with Gasteiger partial charge in [-0.3, -0.25) is 0 Å². The Morgan fingerprint density at radius 3 is 2.46 bits per heavy atom. The Morgan fingerprint density at radius 1 is 1.38 bits per heavy atom. The third kappa shape index (κ3) is 1.78. The summed E-state index contributed by atoms with van der Waals surface area (Å²) in [5.41, 5.74) is 0. The number of hydrogen-bond acceptors (Lipinski definition) is 4. The first-order valence-electron chi connectivity index (χ1n) is 3.55. The molecule has 1 aliphatic rings. The van der Waals surface area contributed by atoms with Crippen LogP contribution in [0.1, 0.15) is 0 Å². The predicted octanol–water partition coefficient (Wildman–Crippen LogP) is 1.17. The highest BCUT2D eigenvalue weighted by Crippen LogP contribution is 2.26. The highest BCUT2D eigenvalue weighted by molar-refractivity contribution is 6.19. The highest BCUT2D eigenvalue weighted by Gasteiger charge is 2.32. The maximum absolute atomic E-state index is 11.1. The second kappa shape index (κ2) is 4.18. The maximum Gasteiger partial charge on any atom is 0.383 e. The number of allylic oxidation sites excluding steroid dienone is 1. The van der Waals surface area contributed by atoms with Crippen LogP contribution in [0.15, 0.2) is 23.4 Å². The number of hydrogen-bond donors (Lipinski definition) is 0. The first-order chi connectivity index (χ1) is 6.24.